The van der Waals surface area contributed by atoms with Crippen LogP contribution in [-0.4, -0.2) is 35.7 Å². The van der Waals surface area contributed by atoms with Crippen molar-refractivity contribution in [1.29, 1.82) is 0 Å². The van der Waals surface area contributed by atoms with E-state index in [0.29, 0.717) is 19.4 Å². The van der Waals surface area contributed by atoms with Gasteiger partial charge >= 0.3 is 5.97 Å². The molecule has 0 aromatic carbocycles. The van der Waals surface area contributed by atoms with Gasteiger partial charge < -0.3 is 15.2 Å². The first kappa shape index (κ1) is 17.0. The van der Waals surface area contributed by atoms with Gasteiger partial charge in [0.25, 0.3) is 0 Å². The molecule has 1 atom stereocenters. The third kappa shape index (κ3) is 6.89. The van der Waals surface area contributed by atoms with Crippen molar-refractivity contribution in [3.05, 3.63) is 0 Å². The molecule has 0 spiro atoms. The van der Waals surface area contributed by atoms with Crippen LogP contribution in [0, 0.1) is 0 Å². The highest BCUT2D eigenvalue weighted by atomic mass is 16.5. The summed E-state index contributed by atoms with van der Waals surface area (Å²) in [5, 5.41) is 11.4. The summed E-state index contributed by atoms with van der Waals surface area (Å²) in [5.41, 5.74) is 0. The Morgan fingerprint density at radius 1 is 1.25 bits per heavy atom. The number of carbonyl (C=O) groups excluding carboxylic acids is 1. The molecule has 1 amide bonds. The summed E-state index contributed by atoms with van der Waals surface area (Å²) in [6.45, 7) is 2.56. The molecule has 2 N–H and O–H groups in total. The number of unbranched alkanes of at least 4 members (excludes halogenated alkanes) is 2. The molecule has 1 unspecified atom stereocenters. The molecule has 116 valence electrons. The zero-order chi connectivity index (χ0) is 14.8. The monoisotopic (exact) mass is 285 g/mol. The Hall–Kier alpha value is -1.10. The molecule has 5 nitrogen and oxygen atoms in total. The van der Waals surface area contributed by atoms with Gasteiger partial charge in [0.2, 0.25) is 5.91 Å². The summed E-state index contributed by atoms with van der Waals surface area (Å²) in [4.78, 5) is 22.3. The van der Waals surface area contributed by atoms with Gasteiger partial charge in [0.05, 0.1) is 6.10 Å². The zero-order valence-electron chi connectivity index (χ0n) is 12.4. The second-order valence-corrected chi connectivity index (χ2v) is 5.43. The van der Waals surface area contributed by atoms with Crippen molar-refractivity contribution in [3.63, 3.8) is 0 Å². The number of ether oxygens (including phenoxy) is 1. The van der Waals surface area contributed by atoms with E-state index in [0.717, 1.165) is 25.7 Å². The van der Waals surface area contributed by atoms with E-state index >= 15 is 0 Å². The smallest absolute Gasteiger partial charge is 0.303 e. The van der Waals surface area contributed by atoms with E-state index in [9.17, 15) is 9.59 Å². The number of rotatable bonds is 10. The van der Waals surface area contributed by atoms with Crippen molar-refractivity contribution in [2.24, 2.45) is 0 Å². The molecular formula is C15H27NO4. The van der Waals surface area contributed by atoms with E-state index in [4.69, 9.17) is 9.84 Å². The van der Waals surface area contributed by atoms with Crippen molar-refractivity contribution < 1.29 is 19.4 Å². The van der Waals surface area contributed by atoms with Crippen molar-refractivity contribution >= 4 is 11.9 Å². The Morgan fingerprint density at radius 2 is 1.95 bits per heavy atom. The lowest BCUT2D eigenvalue weighted by Gasteiger charge is -2.20. The van der Waals surface area contributed by atoms with Crippen LogP contribution in [0.25, 0.3) is 0 Å². The molecule has 1 aliphatic rings. The second kappa shape index (κ2) is 9.75. The summed E-state index contributed by atoms with van der Waals surface area (Å²) >= 11 is 0. The third-order valence-corrected chi connectivity index (χ3v) is 3.69. The lowest BCUT2D eigenvalue weighted by molar-refractivity contribution is -0.138. The lowest BCUT2D eigenvalue weighted by atomic mass is 10.2. The summed E-state index contributed by atoms with van der Waals surface area (Å²) in [6.07, 6.45) is 7.67. The fourth-order valence-electron chi connectivity index (χ4n) is 2.50. The van der Waals surface area contributed by atoms with Gasteiger partial charge in [-0.05, 0) is 32.1 Å². The fraction of sp³-hybridized carbons (Fsp3) is 0.867. The molecule has 0 bridgehead atoms. The van der Waals surface area contributed by atoms with E-state index in [1.807, 2.05) is 6.92 Å². The van der Waals surface area contributed by atoms with Crippen molar-refractivity contribution in [2.45, 2.75) is 76.9 Å². The van der Waals surface area contributed by atoms with Gasteiger partial charge in [-0.15, -0.1) is 0 Å². The predicted octanol–water partition coefficient (Wildman–Crippen LogP) is 2.49. The summed E-state index contributed by atoms with van der Waals surface area (Å²) in [7, 11) is 0. The zero-order valence-corrected chi connectivity index (χ0v) is 12.4. The summed E-state index contributed by atoms with van der Waals surface area (Å²) in [5.74, 6) is -0.789. The Bertz CT molecular complexity index is 300. The van der Waals surface area contributed by atoms with E-state index in [1.54, 1.807) is 0 Å². The van der Waals surface area contributed by atoms with Crippen LogP contribution in [0.15, 0.2) is 0 Å². The molecule has 0 aromatic rings. The lowest BCUT2D eigenvalue weighted by Crippen LogP contribution is -2.38. The SMILES string of the molecule is CCC(OC1CCCC1)C(=O)NCCCCCC(=O)O. The van der Waals surface area contributed by atoms with Crippen molar-refractivity contribution in [3.8, 4) is 0 Å². The molecule has 20 heavy (non-hydrogen) atoms. The minimum atomic E-state index is -0.759. The van der Waals surface area contributed by atoms with Gasteiger partial charge in [0.15, 0.2) is 0 Å². The van der Waals surface area contributed by atoms with Gasteiger partial charge in [-0.25, -0.2) is 0 Å². The molecular weight excluding hydrogens is 258 g/mol. The second-order valence-electron chi connectivity index (χ2n) is 5.43. The Balaban J connectivity index is 2.10. The molecule has 5 heteroatoms. The van der Waals surface area contributed by atoms with Crippen LogP contribution >= 0.6 is 0 Å². The highest BCUT2D eigenvalue weighted by Gasteiger charge is 2.23. The predicted molar refractivity (Wildman–Crippen MR) is 76.5 cm³/mol. The number of hydrogen-bond donors (Lipinski definition) is 2. The highest BCUT2D eigenvalue weighted by molar-refractivity contribution is 5.80. The van der Waals surface area contributed by atoms with Gasteiger partial charge in [0, 0.05) is 13.0 Å². The third-order valence-electron chi connectivity index (χ3n) is 3.69. The Kier molecular flexibility index (Phi) is 8.26. The first-order valence-corrected chi connectivity index (χ1v) is 7.78. The van der Waals surface area contributed by atoms with Crippen molar-refractivity contribution in [1.82, 2.24) is 5.32 Å². The largest absolute Gasteiger partial charge is 0.481 e. The number of carbonyl (C=O) groups is 2. The van der Waals surface area contributed by atoms with Crippen LogP contribution in [-0.2, 0) is 14.3 Å². The minimum Gasteiger partial charge on any atom is -0.481 e. The average Bonchev–Trinajstić information content (AvgIpc) is 2.92. The van der Waals surface area contributed by atoms with E-state index in [-0.39, 0.29) is 24.5 Å². The number of nitrogens with one attached hydrogen (secondary N) is 1. The summed E-state index contributed by atoms with van der Waals surface area (Å²) < 4.78 is 5.84. The molecule has 1 aliphatic carbocycles. The molecule has 1 rings (SSSR count). The van der Waals surface area contributed by atoms with E-state index in [2.05, 4.69) is 5.32 Å². The Morgan fingerprint density at radius 3 is 2.55 bits per heavy atom. The molecule has 1 saturated carbocycles. The van der Waals surface area contributed by atoms with Crippen LogP contribution in [0.1, 0.15) is 64.7 Å². The average molecular weight is 285 g/mol. The number of aliphatic carboxylic acids is 1. The molecule has 0 aromatic heterocycles. The molecule has 0 radical (unpaired) electrons. The van der Waals surface area contributed by atoms with Gasteiger partial charge in [-0.1, -0.05) is 26.2 Å². The maximum absolute atomic E-state index is 12.0. The maximum atomic E-state index is 12.0. The first-order valence-electron chi connectivity index (χ1n) is 7.78. The van der Waals surface area contributed by atoms with Crippen LogP contribution < -0.4 is 5.32 Å². The van der Waals surface area contributed by atoms with Gasteiger partial charge in [-0.3, -0.25) is 9.59 Å². The number of carboxylic acid groups (broad SMARTS) is 1. The van der Waals surface area contributed by atoms with E-state index in [1.165, 1.54) is 12.8 Å². The quantitative estimate of drug-likeness (QED) is 0.605. The molecule has 1 fully saturated rings. The standard InChI is InChI=1S/C15H27NO4/c1-2-13(20-12-8-5-6-9-12)15(19)16-11-7-3-4-10-14(17)18/h12-13H,2-11H2,1H3,(H,16,19)(H,17,18). The van der Waals surface area contributed by atoms with E-state index < -0.39 is 5.97 Å². The van der Waals surface area contributed by atoms with Gasteiger partial charge in [-0.2, -0.15) is 0 Å². The molecule has 0 saturated heterocycles. The fourth-order valence-corrected chi connectivity index (χ4v) is 2.50. The number of amides is 1. The number of carboxylic acids is 1. The molecule has 0 aliphatic heterocycles. The van der Waals surface area contributed by atoms with Crippen LogP contribution in [0.3, 0.4) is 0 Å². The van der Waals surface area contributed by atoms with Crippen LogP contribution in [0.2, 0.25) is 0 Å². The highest BCUT2D eigenvalue weighted by Crippen LogP contribution is 2.22. The normalized spacial score (nSPS) is 17.1. The summed E-state index contributed by atoms with van der Waals surface area (Å²) in [6, 6.07) is 0. The van der Waals surface area contributed by atoms with Gasteiger partial charge in [0.1, 0.15) is 6.10 Å². The maximum Gasteiger partial charge on any atom is 0.303 e. The number of hydrogen-bond acceptors (Lipinski definition) is 3. The first-order chi connectivity index (χ1) is 9.63. The minimum absolute atomic E-state index is 0.0300. The van der Waals surface area contributed by atoms with Crippen molar-refractivity contribution in [2.75, 3.05) is 6.54 Å². The van der Waals surface area contributed by atoms with Crippen LogP contribution in [0.5, 0.6) is 0 Å². The topological polar surface area (TPSA) is 75.6 Å². The molecule has 0 heterocycles. The Labute approximate surface area is 121 Å². The van der Waals surface area contributed by atoms with Crippen LogP contribution in [0.4, 0.5) is 0 Å².